The molecular formula is C29H28ClNO4. The van der Waals surface area contributed by atoms with Crippen molar-refractivity contribution in [2.75, 3.05) is 0 Å². The van der Waals surface area contributed by atoms with Gasteiger partial charge in [0, 0.05) is 22.0 Å². The Morgan fingerprint density at radius 1 is 1.03 bits per heavy atom. The largest absolute Gasteiger partial charge is 0.479 e. The molecule has 0 saturated carbocycles. The van der Waals surface area contributed by atoms with Crippen molar-refractivity contribution >= 4 is 28.5 Å². The number of carboxylic acid groups (broad SMARTS) is 1. The Kier molecular flexibility index (Phi) is 7.10. The summed E-state index contributed by atoms with van der Waals surface area (Å²) in [5.41, 5.74) is 4.06. The zero-order valence-electron chi connectivity index (χ0n) is 20.2. The summed E-state index contributed by atoms with van der Waals surface area (Å²) in [7, 11) is 0. The number of aryl methyl sites for hydroxylation is 1. The highest BCUT2D eigenvalue weighted by molar-refractivity contribution is 6.30. The smallest absolute Gasteiger partial charge is 0.337 e. The lowest BCUT2D eigenvalue weighted by Crippen LogP contribution is -2.28. The van der Waals surface area contributed by atoms with Crippen molar-refractivity contribution in [3.63, 3.8) is 0 Å². The van der Waals surface area contributed by atoms with E-state index >= 15 is 0 Å². The third-order valence-corrected chi connectivity index (χ3v) is 5.79. The number of hydrogen-bond acceptors (Lipinski definition) is 4. The van der Waals surface area contributed by atoms with Crippen molar-refractivity contribution in [3.05, 3.63) is 94.5 Å². The molecule has 1 atom stereocenters. The van der Waals surface area contributed by atoms with Crippen molar-refractivity contribution in [1.29, 1.82) is 0 Å². The number of aliphatic carboxylic acids is 1. The number of carboxylic acids is 1. The Labute approximate surface area is 210 Å². The summed E-state index contributed by atoms with van der Waals surface area (Å²) in [5.74, 6) is -0.551. The van der Waals surface area contributed by atoms with E-state index in [4.69, 9.17) is 26.1 Å². The zero-order chi connectivity index (χ0) is 25.2. The maximum absolute atomic E-state index is 12.4. The van der Waals surface area contributed by atoms with Gasteiger partial charge in [-0.1, -0.05) is 54.1 Å². The molecule has 0 aliphatic carbocycles. The van der Waals surface area contributed by atoms with E-state index < -0.39 is 17.7 Å². The standard InChI is InChI=1S/C29H28ClNO4/c1-18-16-23-22(14-15-24(31-23)34-17-19-8-6-5-7-9-19)26(20-10-12-21(30)13-11-20)25(18)27(28(32)33)35-29(2,3)4/h5-16,27H,17H2,1-4H3,(H,32,33). The number of benzene rings is 3. The van der Waals surface area contributed by atoms with Crippen LogP contribution in [0.25, 0.3) is 22.0 Å². The third kappa shape index (κ3) is 5.81. The second-order valence-electron chi connectivity index (χ2n) is 9.43. The molecule has 0 saturated heterocycles. The molecule has 0 spiro atoms. The van der Waals surface area contributed by atoms with Gasteiger partial charge in [-0.25, -0.2) is 9.78 Å². The number of halogens is 1. The predicted molar refractivity (Wildman–Crippen MR) is 139 cm³/mol. The normalized spacial score (nSPS) is 12.5. The predicted octanol–water partition coefficient (Wildman–Crippen LogP) is 7.38. The van der Waals surface area contributed by atoms with Gasteiger partial charge in [-0.2, -0.15) is 0 Å². The van der Waals surface area contributed by atoms with Gasteiger partial charge in [-0.3, -0.25) is 0 Å². The molecule has 3 aromatic carbocycles. The minimum Gasteiger partial charge on any atom is -0.479 e. The summed E-state index contributed by atoms with van der Waals surface area (Å²) in [6.45, 7) is 7.83. The minimum absolute atomic E-state index is 0.404. The van der Waals surface area contributed by atoms with Crippen LogP contribution in [0, 0.1) is 6.92 Å². The summed E-state index contributed by atoms with van der Waals surface area (Å²) < 4.78 is 12.0. The van der Waals surface area contributed by atoms with E-state index in [0.29, 0.717) is 28.6 Å². The molecule has 4 aromatic rings. The van der Waals surface area contributed by atoms with Crippen LogP contribution in [0.2, 0.25) is 5.02 Å². The van der Waals surface area contributed by atoms with Crippen LogP contribution in [0.5, 0.6) is 5.88 Å². The fourth-order valence-corrected chi connectivity index (χ4v) is 4.19. The number of hydrogen-bond donors (Lipinski definition) is 1. The second-order valence-corrected chi connectivity index (χ2v) is 9.86. The quantitative estimate of drug-likeness (QED) is 0.293. The molecular weight excluding hydrogens is 462 g/mol. The molecule has 6 heteroatoms. The molecule has 0 bridgehead atoms. The van der Waals surface area contributed by atoms with Gasteiger partial charge in [0.05, 0.1) is 11.1 Å². The average Bonchev–Trinajstić information content (AvgIpc) is 2.81. The SMILES string of the molecule is Cc1cc2nc(OCc3ccccc3)ccc2c(-c2ccc(Cl)cc2)c1C(OC(C)(C)C)C(=O)O. The van der Waals surface area contributed by atoms with Gasteiger partial charge in [-0.15, -0.1) is 0 Å². The first-order valence-corrected chi connectivity index (χ1v) is 11.8. The average molecular weight is 490 g/mol. The molecule has 0 aliphatic heterocycles. The molecule has 5 nitrogen and oxygen atoms in total. The van der Waals surface area contributed by atoms with E-state index in [0.717, 1.165) is 27.6 Å². The van der Waals surface area contributed by atoms with E-state index in [1.54, 1.807) is 12.1 Å². The van der Waals surface area contributed by atoms with Crippen LogP contribution in [0.1, 0.15) is 43.6 Å². The lowest BCUT2D eigenvalue weighted by molar-refractivity contribution is -0.160. The number of nitrogens with zero attached hydrogens (tertiary/aromatic N) is 1. The van der Waals surface area contributed by atoms with Crippen LogP contribution < -0.4 is 4.74 Å². The van der Waals surface area contributed by atoms with E-state index in [1.165, 1.54) is 0 Å². The molecule has 0 radical (unpaired) electrons. The van der Waals surface area contributed by atoms with E-state index in [1.807, 2.05) is 88.4 Å². The van der Waals surface area contributed by atoms with Gasteiger partial charge in [-0.05, 0) is 74.2 Å². The highest BCUT2D eigenvalue weighted by Crippen LogP contribution is 2.40. The minimum atomic E-state index is -1.15. The Balaban J connectivity index is 1.87. The van der Waals surface area contributed by atoms with Crippen LogP contribution in [0.15, 0.2) is 72.8 Å². The molecule has 0 amide bonds. The molecule has 4 rings (SSSR count). The van der Waals surface area contributed by atoms with Crippen LogP contribution in [-0.4, -0.2) is 21.7 Å². The molecule has 1 unspecified atom stereocenters. The Hall–Kier alpha value is -3.41. The first kappa shape index (κ1) is 24.7. The van der Waals surface area contributed by atoms with Crippen molar-refractivity contribution < 1.29 is 19.4 Å². The third-order valence-electron chi connectivity index (χ3n) is 5.54. The number of pyridine rings is 1. The lowest BCUT2D eigenvalue weighted by Gasteiger charge is -2.28. The number of rotatable bonds is 7. The highest BCUT2D eigenvalue weighted by Gasteiger charge is 2.31. The van der Waals surface area contributed by atoms with Crippen LogP contribution in [-0.2, 0) is 16.1 Å². The fraction of sp³-hybridized carbons (Fsp3) is 0.241. The second kappa shape index (κ2) is 10.1. The van der Waals surface area contributed by atoms with Gasteiger partial charge in [0.15, 0.2) is 6.10 Å². The summed E-state index contributed by atoms with van der Waals surface area (Å²) >= 11 is 6.15. The highest BCUT2D eigenvalue weighted by atomic mass is 35.5. The molecule has 35 heavy (non-hydrogen) atoms. The summed E-state index contributed by atoms with van der Waals surface area (Å²) in [5, 5.41) is 11.6. The molecule has 180 valence electrons. The molecule has 0 fully saturated rings. The van der Waals surface area contributed by atoms with Crippen molar-refractivity contribution in [2.45, 2.75) is 46.0 Å². The summed E-state index contributed by atoms with van der Waals surface area (Å²) in [6.07, 6.45) is -1.15. The number of carbonyl (C=O) groups is 1. The lowest BCUT2D eigenvalue weighted by atomic mass is 9.88. The molecule has 1 N–H and O–H groups in total. The van der Waals surface area contributed by atoms with Crippen LogP contribution in [0.4, 0.5) is 0 Å². The zero-order valence-corrected chi connectivity index (χ0v) is 21.0. The Morgan fingerprint density at radius 2 is 1.71 bits per heavy atom. The van der Waals surface area contributed by atoms with E-state index in [2.05, 4.69) is 0 Å². The van der Waals surface area contributed by atoms with Crippen molar-refractivity contribution in [1.82, 2.24) is 4.98 Å². The van der Waals surface area contributed by atoms with Gasteiger partial charge in [0.1, 0.15) is 6.61 Å². The summed E-state index contributed by atoms with van der Waals surface area (Å²) in [6, 6.07) is 22.9. The van der Waals surface area contributed by atoms with Gasteiger partial charge in [0.25, 0.3) is 0 Å². The Bertz CT molecular complexity index is 1350. The Morgan fingerprint density at radius 3 is 2.34 bits per heavy atom. The van der Waals surface area contributed by atoms with E-state index in [9.17, 15) is 9.90 Å². The fourth-order valence-electron chi connectivity index (χ4n) is 4.07. The first-order valence-electron chi connectivity index (χ1n) is 11.4. The van der Waals surface area contributed by atoms with Crippen LogP contribution >= 0.6 is 11.6 Å². The monoisotopic (exact) mass is 489 g/mol. The number of fused-ring (bicyclic) bond motifs is 1. The molecule has 1 aromatic heterocycles. The maximum Gasteiger partial charge on any atom is 0.337 e. The number of ether oxygens (including phenoxy) is 2. The van der Waals surface area contributed by atoms with Gasteiger partial charge < -0.3 is 14.6 Å². The maximum atomic E-state index is 12.4. The molecule has 1 heterocycles. The van der Waals surface area contributed by atoms with Crippen molar-refractivity contribution in [3.8, 4) is 17.0 Å². The first-order chi connectivity index (χ1) is 16.6. The summed E-state index contributed by atoms with van der Waals surface area (Å²) in [4.78, 5) is 17.1. The topological polar surface area (TPSA) is 68.7 Å². The van der Waals surface area contributed by atoms with E-state index in [-0.39, 0.29) is 0 Å². The molecule has 0 aliphatic rings. The van der Waals surface area contributed by atoms with Crippen LogP contribution in [0.3, 0.4) is 0 Å². The number of aromatic nitrogens is 1. The van der Waals surface area contributed by atoms with Crippen molar-refractivity contribution in [2.24, 2.45) is 0 Å². The van der Waals surface area contributed by atoms with Gasteiger partial charge >= 0.3 is 5.97 Å². The van der Waals surface area contributed by atoms with Gasteiger partial charge in [0.2, 0.25) is 5.88 Å².